The molecule has 0 bridgehead atoms. The minimum absolute atomic E-state index is 0.0457. The molecule has 7 nitrogen and oxygen atoms in total. The third-order valence-corrected chi connectivity index (χ3v) is 3.90. The first kappa shape index (κ1) is 18.3. The van der Waals surface area contributed by atoms with Gasteiger partial charge in [0.25, 0.3) is 5.91 Å². The zero-order valence-corrected chi connectivity index (χ0v) is 15.0. The van der Waals surface area contributed by atoms with Crippen molar-refractivity contribution >= 4 is 11.7 Å². The van der Waals surface area contributed by atoms with E-state index in [1.807, 2.05) is 24.3 Å². The van der Waals surface area contributed by atoms with Gasteiger partial charge in [0.05, 0.1) is 6.54 Å². The molecule has 1 N–H and O–H groups in total. The van der Waals surface area contributed by atoms with E-state index in [9.17, 15) is 9.59 Å². The summed E-state index contributed by atoms with van der Waals surface area (Å²) in [6, 6.07) is 14.7. The normalized spacial score (nSPS) is 10.4. The summed E-state index contributed by atoms with van der Waals surface area (Å²) < 4.78 is 7.19. The lowest BCUT2D eigenvalue weighted by atomic mass is 10.1. The van der Waals surface area contributed by atoms with Crippen LogP contribution in [0.2, 0.25) is 0 Å². The van der Waals surface area contributed by atoms with Crippen molar-refractivity contribution in [3.05, 3.63) is 77.9 Å². The van der Waals surface area contributed by atoms with Crippen LogP contribution in [0.5, 0.6) is 5.75 Å². The topological polar surface area (TPSA) is 86.1 Å². The van der Waals surface area contributed by atoms with Gasteiger partial charge in [0.15, 0.2) is 12.4 Å². The SMILES string of the molecule is CC(=O)c1cccc(OCC(=O)NCc2cccc(Cn3cncn3)c2)c1. The second kappa shape index (κ2) is 8.75. The molecule has 1 heterocycles. The highest BCUT2D eigenvalue weighted by Gasteiger charge is 2.06. The van der Waals surface area contributed by atoms with Crippen LogP contribution in [-0.4, -0.2) is 33.1 Å². The third-order valence-electron chi connectivity index (χ3n) is 3.90. The average Bonchev–Trinajstić information content (AvgIpc) is 3.18. The van der Waals surface area contributed by atoms with E-state index in [1.54, 1.807) is 35.3 Å². The number of aromatic nitrogens is 3. The summed E-state index contributed by atoms with van der Waals surface area (Å²) in [5.41, 5.74) is 2.61. The fraction of sp³-hybridized carbons (Fsp3) is 0.200. The molecule has 0 atom stereocenters. The number of ketones is 1. The molecule has 0 saturated heterocycles. The zero-order chi connectivity index (χ0) is 19.1. The van der Waals surface area contributed by atoms with Crippen LogP contribution < -0.4 is 10.1 Å². The molecule has 0 fully saturated rings. The smallest absolute Gasteiger partial charge is 0.258 e. The number of nitrogens with one attached hydrogen (secondary N) is 1. The van der Waals surface area contributed by atoms with E-state index in [2.05, 4.69) is 15.4 Å². The summed E-state index contributed by atoms with van der Waals surface area (Å²) >= 11 is 0. The van der Waals surface area contributed by atoms with Crippen LogP contribution in [0, 0.1) is 0 Å². The zero-order valence-electron chi connectivity index (χ0n) is 15.0. The number of hydrogen-bond donors (Lipinski definition) is 1. The Kier molecular flexibility index (Phi) is 5.94. The van der Waals surface area contributed by atoms with E-state index in [0.717, 1.165) is 11.1 Å². The molecule has 2 aromatic carbocycles. The first-order chi connectivity index (χ1) is 13.1. The highest BCUT2D eigenvalue weighted by molar-refractivity contribution is 5.94. The number of ether oxygens (including phenoxy) is 1. The number of rotatable bonds is 8. The van der Waals surface area contributed by atoms with E-state index in [4.69, 9.17) is 4.74 Å². The van der Waals surface area contributed by atoms with Crippen LogP contribution in [-0.2, 0) is 17.9 Å². The summed E-state index contributed by atoms with van der Waals surface area (Å²) in [4.78, 5) is 27.3. The molecule has 0 aliphatic rings. The van der Waals surface area contributed by atoms with Gasteiger partial charge >= 0.3 is 0 Å². The molecule has 3 aromatic rings. The van der Waals surface area contributed by atoms with Crippen LogP contribution >= 0.6 is 0 Å². The van der Waals surface area contributed by atoms with Crippen molar-refractivity contribution in [2.24, 2.45) is 0 Å². The van der Waals surface area contributed by atoms with Crippen LogP contribution in [0.4, 0.5) is 0 Å². The number of Topliss-reactive ketones (excluding diaryl/α,β-unsaturated/α-hetero) is 1. The van der Waals surface area contributed by atoms with Crippen molar-refractivity contribution in [3.8, 4) is 5.75 Å². The third kappa shape index (κ3) is 5.50. The fourth-order valence-corrected chi connectivity index (χ4v) is 2.54. The van der Waals surface area contributed by atoms with Gasteiger partial charge in [0.2, 0.25) is 0 Å². The Balaban J connectivity index is 1.49. The molecule has 138 valence electrons. The maximum absolute atomic E-state index is 12.0. The Hall–Kier alpha value is -3.48. The van der Waals surface area contributed by atoms with Crippen LogP contribution in [0.15, 0.2) is 61.2 Å². The largest absolute Gasteiger partial charge is 0.484 e. The maximum atomic E-state index is 12.0. The Morgan fingerprint density at radius 2 is 1.93 bits per heavy atom. The Bertz CT molecular complexity index is 922. The van der Waals surface area contributed by atoms with Crippen molar-refractivity contribution in [1.29, 1.82) is 0 Å². The summed E-state index contributed by atoms with van der Waals surface area (Å²) in [7, 11) is 0. The standard InChI is InChI=1S/C20H20N4O3/c1-15(25)18-6-3-7-19(9-18)27-12-20(26)22-10-16-4-2-5-17(8-16)11-24-14-21-13-23-24/h2-9,13-14H,10-12H2,1H3,(H,22,26). The van der Waals surface area contributed by atoms with Gasteiger partial charge in [-0.15, -0.1) is 0 Å². The Labute approximate surface area is 157 Å². The van der Waals surface area contributed by atoms with Gasteiger partial charge in [0.1, 0.15) is 18.4 Å². The molecule has 3 rings (SSSR count). The average molecular weight is 364 g/mol. The summed E-state index contributed by atoms with van der Waals surface area (Å²) in [6.07, 6.45) is 3.16. The van der Waals surface area contributed by atoms with E-state index in [1.165, 1.54) is 13.3 Å². The number of carbonyl (C=O) groups is 2. The van der Waals surface area contributed by atoms with Gasteiger partial charge in [-0.3, -0.25) is 9.59 Å². The van der Waals surface area contributed by atoms with E-state index < -0.39 is 0 Å². The summed E-state index contributed by atoms with van der Waals surface area (Å²) in [6.45, 7) is 2.40. The molecule has 0 saturated carbocycles. The molecule has 27 heavy (non-hydrogen) atoms. The second-order valence-electron chi connectivity index (χ2n) is 6.06. The summed E-state index contributed by atoms with van der Waals surface area (Å²) in [5.74, 6) is 0.216. The predicted molar refractivity (Wildman–Crippen MR) is 99.4 cm³/mol. The van der Waals surface area contributed by atoms with E-state index >= 15 is 0 Å². The molecule has 0 spiro atoms. The van der Waals surface area contributed by atoms with Gasteiger partial charge in [-0.2, -0.15) is 5.10 Å². The molecule has 1 amide bonds. The number of carbonyl (C=O) groups excluding carboxylic acids is 2. The molecule has 1 aromatic heterocycles. The lowest BCUT2D eigenvalue weighted by Gasteiger charge is -2.09. The van der Waals surface area contributed by atoms with Crippen molar-refractivity contribution in [2.75, 3.05) is 6.61 Å². The van der Waals surface area contributed by atoms with E-state index in [0.29, 0.717) is 24.4 Å². The number of benzene rings is 2. The monoisotopic (exact) mass is 364 g/mol. The highest BCUT2D eigenvalue weighted by atomic mass is 16.5. The van der Waals surface area contributed by atoms with Gasteiger partial charge in [-0.25, -0.2) is 9.67 Å². The highest BCUT2D eigenvalue weighted by Crippen LogP contribution is 2.13. The number of nitrogens with zero attached hydrogens (tertiary/aromatic N) is 3. The molecular formula is C20H20N4O3. The Morgan fingerprint density at radius 1 is 1.11 bits per heavy atom. The fourth-order valence-electron chi connectivity index (χ4n) is 2.54. The van der Waals surface area contributed by atoms with Gasteiger partial charge < -0.3 is 10.1 Å². The minimum atomic E-state index is -0.232. The van der Waals surface area contributed by atoms with Crippen molar-refractivity contribution < 1.29 is 14.3 Å². The lowest BCUT2D eigenvalue weighted by molar-refractivity contribution is -0.123. The van der Waals surface area contributed by atoms with Crippen LogP contribution in [0.3, 0.4) is 0 Å². The van der Waals surface area contributed by atoms with Gasteiger partial charge in [0, 0.05) is 12.1 Å². The van der Waals surface area contributed by atoms with Crippen LogP contribution in [0.1, 0.15) is 28.4 Å². The summed E-state index contributed by atoms with van der Waals surface area (Å²) in [5, 5.41) is 6.91. The molecule has 7 heteroatoms. The molecule has 0 aliphatic carbocycles. The van der Waals surface area contributed by atoms with E-state index in [-0.39, 0.29) is 18.3 Å². The molecule has 0 unspecified atom stereocenters. The maximum Gasteiger partial charge on any atom is 0.258 e. The second-order valence-corrected chi connectivity index (χ2v) is 6.06. The van der Waals surface area contributed by atoms with Crippen LogP contribution in [0.25, 0.3) is 0 Å². The van der Waals surface area contributed by atoms with Gasteiger partial charge in [-0.05, 0) is 30.2 Å². The van der Waals surface area contributed by atoms with Crippen molar-refractivity contribution in [3.63, 3.8) is 0 Å². The predicted octanol–water partition coefficient (Wildman–Crippen LogP) is 2.22. The number of hydrogen-bond acceptors (Lipinski definition) is 5. The molecular weight excluding hydrogens is 344 g/mol. The minimum Gasteiger partial charge on any atom is -0.484 e. The lowest BCUT2D eigenvalue weighted by Crippen LogP contribution is -2.28. The number of amides is 1. The quantitative estimate of drug-likeness (QED) is 0.620. The first-order valence-corrected chi connectivity index (χ1v) is 8.51. The molecule has 0 aliphatic heterocycles. The van der Waals surface area contributed by atoms with Crippen molar-refractivity contribution in [2.45, 2.75) is 20.0 Å². The van der Waals surface area contributed by atoms with Crippen molar-refractivity contribution in [1.82, 2.24) is 20.1 Å². The molecule has 0 radical (unpaired) electrons. The van der Waals surface area contributed by atoms with Gasteiger partial charge in [-0.1, -0.05) is 36.4 Å². The Morgan fingerprint density at radius 3 is 2.70 bits per heavy atom. The first-order valence-electron chi connectivity index (χ1n) is 8.51.